The molecule has 0 aliphatic heterocycles. The number of fused-ring (bicyclic) bond motifs is 1. The molecule has 0 unspecified atom stereocenters. The van der Waals surface area contributed by atoms with Gasteiger partial charge >= 0.3 is 6.36 Å². The summed E-state index contributed by atoms with van der Waals surface area (Å²) < 4.78 is 68.6. The van der Waals surface area contributed by atoms with Crippen molar-refractivity contribution < 1.29 is 26.3 Å². The summed E-state index contributed by atoms with van der Waals surface area (Å²) in [5.41, 5.74) is 0.709. The van der Waals surface area contributed by atoms with Crippen molar-refractivity contribution in [2.24, 2.45) is 0 Å². The maximum absolute atomic E-state index is 12.5. The van der Waals surface area contributed by atoms with Gasteiger partial charge in [0.25, 0.3) is 0 Å². The van der Waals surface area contributed by atoms with Gasteiger partial charge in [0, 0.05) is 6.54 Å². The zero-order chi connectivity index (χ0) is 18.8. The van der Waals surface area contributed by atoms with Crippen LogP contribution in [0.5, 0.6) is 5.75 Å². The molecule has 3 aromatic rings. The number of rotatable bonds is 5. The summed E-state index contributed by atoms with van der Waals surface area (Å²) in [5, 5.41) is 1.79. The molecule has 0 saturated carbocycles. The largest absolute Gasteiger partial charge is 0.573 e. The van der Waals surface area contributed by atoms with Crippen LogP contribution in [0, 0.1) is 0 Å². The van der Waals surface area contributed by atoms with Gasteiger partial charge in [-0.25, -0.2) is 13.1 Å². The number of halogens is 3. The van der Waals surface area contributed by atoms with Crippen molar-refractivity contribution in [3.63, 3.8) is 0 Å². The molecular formula is C18H14F3NO3S. The van der Waals surface area contributed by atoms with E-state index >= 15 is 0 Å². The molecule has 136 valence electrons. The minimum Gasteiger partial charge on any atom is -0.404 e. The Morgan fingerprint density at radius 3 is 2.31 bits per heavy atom. The van der Waals surface area contributed by atoms with Crippen molar-refractivity contribution >= 4 is 20.8 Å². The molecule has 0 heterocycles. The van der Waals surface area contributed by atoms with Crippen molar-refractivity contribution in [3.8, 4) is 5.75 Å². The first kappa shape index (κ1) is 18.2. The van der Waals surface area contributed by atoms with Gasteiger partial charge in [0.05, 0.1) is 0 Å². The lowest BCUT2D eigenvalue weighted by atomic mass is 10.1. The maximum atomic E-state index is 12.5. The van der Waals surface area contributed by atoms with Gasteiger partial charge < -0.3 is 4.74 Å². The molecule has 0 aliphatic carbocycles. The van der Waals surface area contributed by atoms with E-state index < -0.39 is 27.0 Å². The second-order valence-corrected chi connectivity index (χ2v) is 7.19. The SMILES string of the molecule is O=S(=O)(NCc1cccc2ccccc12)c1ccccc1OC(F)(F)F. The number of alkyl halides is 3. The lowest BCUT2D eigenvalue weighted by Crippen LogP contribution is -2.25. The van der Waals surface area contributed by atoms with Crippen molar-refractivity contribution in [2.75, 3.05) is 0 Å². The summed E-state index contributed by atoms with van der Waals surface area (Å²) in [6, 6.07) is 17.5. The second kappa shape index (κ2) is 6.97. The Labute approximate surface area is 148 Å². The molecule has 0 atom stereocenters. The van der Waals surface area contributed by atoms with Gasteiger partial charge in [-0.05, 0) is 28.5 Å². The quantitative estimate of drug-likeness (QED) is 0.720. The van der Waals surface area contributed by atoms with Crippen LogP contribution in [-0.2, 0) is 16.6 Å². The Hall–Kier alpha value is -2.58. The molecule has 26 heavy (non-hydrogen) atoms. The van der Waals surface area contributed by atoms with Gasteiger partial charge in [0.1, 0.15) is 10.6 Å². The van der Waals surface area contributed by atoms with Crippen LogP contribution >= 0.6 is 0 Å². The van der Waals surface area contributed by atoms with E-state index in [2.05, 4.69) is 9.46 Å². The number of hydrogen-bond acceptors (Lipinski definition) is 3. The van der Waals surface area contributed by atoms with Gasteiger partial charge in [-0.3, -0.25) is 0 Å². The fourth-order valence-corrected chi connectivity index (χ4v) is 3.71. The maximum Gasteiger partial charge on any atom is 0.573 e. The summed E-state index contributed by atoms with van der Waals surface area (Å²) in [6.07, 6.45) is -4.98. The lowest BCUT2D eigenvalue weighted by Gasteiger charge is -2.14. The third kappa shape index (κ3) is 4.14. The Kier molecular flexibility index (Phi) is 4.88. The second-order valence-electron chi connectivity index (χ2n) is 5.46. The van der Waals surface area contributed by atoms with Gasteiger partial charge in [0.2, 0.25) is 10.0 Å². The van der Waals surface area contributed by atoms with Crippen LogP contribution in [0.2, 0.25) is 0 Å². The molecule has 3 rings (SSSR count). The average molecular weight is 381 g/mol. The van der Waals surface area contributed by atoms with Crippen LogP contribution < -0.4 is 9.46 Å². The highest BCUT2D eigenvalue weighted by Gasteiger charge is 2.33. The molecule has 0 aliphatic rings. The molecule has 0 saturated heterocycles. The van der Waals surface area contributed by atoms with Gasteiger partial charge in [-0.1, -0.05) is 54.6 Å². The average Bonchev–Trinajstić information content (AvgIpc) is 2.59. The van der Waals surface area contributed by atoms with Crippen LogP contribution in [0.4, 0.5) is 13.2 Å². The molecule has 8 heteroatoms. The van der Waals surface area contributed by atoms with E-state index in [9.17, 15) is 21.6 Å². The van der Waals surface area contributed by atoms with Crippen LogP contribution in [0.25, 0.3) is 10.8 Å². The first-order valence-corrected chi connectivity index (χ1v) is 9.06. The Bertz CT molecular complexity index is 1030. The highest BCUT2D eigenvalue weighted by atomic mass is 32.2. The number of benzene rings is 3. The Morgan fingerprint density at radius 1 is 0.885 bits per heavy atom. The van der Waals surface area contributed by atoms with E-state index in [1.54, 1.807) is 12.1 Å². The molecule has 0 fully saturated rings. The number of para-hydroxylation sites is 1. The Morgan fingerprint density at radius 2 is 1.54 bits per heavy atom. The molecule has 0 bridgehead atoms. The molecule has 3 aromatic carbocycles. The number of hydrogen-bond donors (Lipinski definition) is 1. The summed E-state index contributed by atoms with van der Waals surface area (Å²) in [5.74, 6) is -0.773. The molecule has 0 amide bonds. The molecule has 0 aromatic heterocycles. The first-order valence-electron chi connectivity index (χ1n) is 7.57. The zero-order valence-electron chi connectivity index (χ0n) is 13.3. The molecule has 4 nitrogen and oxygen atoms in total. The van der Waals surface area contributed by atoms with E-state index in [1.165, 1.54) is 12.1 Å². The van der Waals surface area contributed by atoms with E-state index in [0.717, 1.165) is 22.9 Å². The minimum absolute atomic E-state index is 0.0654. The van der Waals surface area contributed by atoms with E-state index in [-0.39, 0.29) is 6.54 Å². The Balaban J connectivity index is 1.88. The third-order valence-corrected chi connectivity index (χ3v) is 5.14. The highest BCUT2D eigenvalue weighted by molar-refractivity contribution is 7.89. The van der Waals surface area contributed by atoms with E-state index in [1.807, 2.05) is 30.3 Å². The monoisotopic (exact) mass is 381 g/mol. The van der Waals surface area contributed by atoms with E-state index in [0.29, 0.717) is 5.56 Å². The van der Waals surface area contributed by atoms with Crippen LogP contribution in [0.15, 0.2) is 71.6 Å². The van der Waals surface area contributed by atoms with Crippen LogP contribution in [0.3, 0.4) is 0 Å². The van der Waals surface area contributed by atoms with Gasteiger partial charge in [-0.15, -0.1) is 13.2 Å². The first-order chi connectivity index (χ1) is 12.3. The summed E-state index contributed by atoms with van der Waals surface area (Å²) in [4.78, 5) is -0.572. The van der Waals surface area contributed by atoms with Crippen molar-refractivity contribution in [3.05, 3.63) is 72.3 Å². The van der Waals surface area contributed by atoms with Crippen LogP contribution in [-0.4, -0.2) is 14.8 Å². The zero-order valence-corrected chi connectivity index (χ0v) is 14.1. The number of ether oxygens (including phenoxy) is 1. The van der Waals surface area contributed by atoms with E-state index in [4.69, 9.17) is 0 Å². The highest BCUT2D eigenvalue weighted by Crippen LogP contribution is 2.29. The lowest BCUT2D eigenvalue weighted by molar-refractivity contribution is -0.275. The fraction of sp³-hybridized carbons (Fsp3) is 0.111. The summed E-state index contributed by atoms with van der Waals surface area (Å²) in [7, 11) is -4.21. The number of nitrogens with one attached hydrogen (secondary N) is 1. The topological polar surface area (TPSA) is 55.4 Å². The fourth-order valence-electron chi connectivity index (χ4n) is 2.58. The molecule has 1 N–H and O–H groups in total. The standard InChI is InChI=1S/C18H14F3NO3S/c19-18(20,21)25-16-10-3-4-11-17(16)26(23,24)22-12-14-8-5-7-13-6-1-2-9-15(13)14/h1-11,22H,12H2. The van der Waals surface area contributed by atoms with Gasteiger partial charge in [0.15, 0.2) is 0 Å². The van der Waals surface area contributed by atoms with Crippen molar-refractivity contribution in [2.45, 2.75) is 17.8 Å². The molecular weight excluding hydrogens is 367 g/mol. The normalized spacial score (nSPS) is 12.3. The predicted molar refractivity (Wildman–Crippen MR) is 91.1 cm³/mol. The van der Waals surface area contributed by atoms with Gasteiger partial charge in [-0.2, -0.15) is 0 Å². The minimum atomic E-state index is -4.98. The predicted octanol–water partition coefficient (Wildman–Crippen LogP) is 4.22. The molecule has 0 radical (unpaired) electrons. The smallest absolute Gasteiger partial charge is 0.404 e. The van der Waals surface area contributed by atoms with Crippen LogP contribution in [0.1, 0.15) is 5.56 Å². The number of sulfonamides is 1. The summed E-state index contributed by atoms with van der Waals surface area (Å²) in [6.45, 7) is -0.0654. The van der Waals surface area contributed by atoms with Crippen molar-refractivity contribution in [1.82, 2.24) is 4.72 Å². The molecule has 0 spiro atoms. The van der Waals surface area contributed by atoms with Crippen molar-refractivity contribution in [1.29, 1.82) is 0 Å². The third-order valence-electron chi connectivity index (χ3n) is 3.70. The summed E-state index contributed by atoms with van der Waals surface area (Å²) >= 11 is 0.